The lowest BCUT2D eigenvalue weighted by Crippen LogP contribution is -2.23. The minimum absolute atomic E-state index is 0.580. The van der Waals surface area contributed by atoms with Crippen molar-refractivity contribution in [2.75, 3.05) is 36.9 Å². The summed E-state index contributed by atoms with van der Waals surface area (Å²) in [5.74, 6) is 2.12. The summed E-state index contributed by atoms with van der Waals surface area (Å²) in [4.78, 5) is 6.64. The fourth-order valence-corrected chi connectivity index (χ4v) is 2.37. The lowest BCUT2D eigenvalue weighted by Gasteiger charge is -2.18. The van der Waals surface area contributed by atoms with E-state index in [0.717, 1.165) is 37.8 Å². The molecule has 0 saturated carbocycles. The molecule has 0 aromatic carbocycles. The first-order valence-corrected chi connectivity index (χ1v) is 6.25. The standard InChI is InChI=1S/C13H21N3O/c1-3-17-9-11-8-16(7-10(11)2)13-12(14)5-4-6-15-13/h4-6,10-11H,3,7-9,14H2,1-2H3/t10-,11+/m1/s1. The summed E-state index contributed by atoms with van der Waals surface area (Å²) in [6.45, 7) is 7.92. The highest BCUT2D eigenvalue weighted by atomic mass is 16.5. The molecule has 4 heteroatoms. The van der Waals surface area contributed by atoms with Gasteiger partial charge in [-0.1, -0.05) is 6.92 Å². The van der Waals surface area contributed by atoms with Crippen molar-refractivity contribution < 1.29 is 4.74 Å². The molecule has 1 aliphatic heterocycles. The normalized spacial score (nSPS) is 24.2. The van der Waals surface area contributed by atoms with Gasteiger partial charge < -0.3 is 15.4 Å². The quantitative estimate of drug-likeness (QED) is 0.864. The van der Waals surface area contributed by atoms with Crippen LogP contribution in [-0.4, -0.2) is 31.3 Å². The minimum Gasteiger partial charge on any atom is -0.396 e. The summed E-state index contributed by atoms with van der Waals surface area (Å²) >= 11 is 0. The van der Waals surface area contributed by atoms with Gasteiger partial charge in [0.15, 0.2) is 5.82 Å². The number of nitrogens with zero attached hydrogens (tertiary/aromatic N) is 2. The molecule has 17 heavy (non-hydrogen) atoms. The van der Waals surface area contributed by atoms with Gasteiger partial charge in [-0.05, 0) is 25.0 Å². The maximum Gasteiger partial charge on any atom is 0.151 e. The first-order chi connectivity index (χ1) is 8.22. The summed E-state index contributed by atoms with van der Waals surface area (Å²) in [7, 11) is 0. The second-order valence-electron chi connectivity index (χ2n) is 4.72. The van der Waals surface area contributed by atoms with Gasteiger partial charge in [-0.25, -0.2) is 4.98 Å². The largest absolute Gasteiger partial charge is 0.396 e. The second-order valence-corrected chi connectivity index (χ2v) is 4.72. The third-order valence-electron chi connectivity index (χ3n) is 3.42. The van der Waals surface area contributed by atoms with E-state index in [9.17, 15) is 0 Å². The van der Waals surface area contributed by atoms with Gasteiger partial charge in [0.25, 0.3) is 0 Å². The first kappa shape index (κ1) is 12.2. The second kappa shape index (κ2) is 5.36. The number of aromatic nitrogens is 1. The number of nitrogen functional groups attached to an aromatic ring is 1. The van der Waals surface area contributed by atoms with E-state index >= 15 is 0 Å². The molecule has 0 amide bonds. The summed E-state index contributed by atoms with van der Waals surface area (Å²) in [5, 5.41) is 0. The van der Waals surface area contributed by atoms with E-state index in [1.165, 1.54) is 0 Å². The predicted molar refractivity (Wildman–Crippen MR) is 70.0 cm³/mol. The highest BCUT2D eigenvalue weighted by Crippen LogP contribution is 2.29. The molecule has 0 unspecified atom stereocenters. The van der Waals surface area contributed by atoms with Crippen molar-refractivity contribution in [1.82, 2.24) is 4.98 Å². The Morgan fingerprint density at radius 3 is 3.06 bits per heavy atom. The van der Waals surface area contributed by atoms with Crippen LogP contribution in [0.15, 0.2) is 18.3 Å². The molecule has 94 valence electrons. The molecule has 1 aliphatic rings. The molecular formula is C13H21N3O. The van der Waals surface area contributed by atoms with Crippen molar-refractivity contribution in [3.63, 3.8) is 0 Å². The van der Waals surface area contributed by atoms with Crippen LogP contribution in [0.1, 0.15) is 13.8 Å². The van der Waals surface area contributed by atoms with E-state index in [1.807, 2.05) is 19.1 Å². The minimum atomic E-state index is 0.580. The topological polar surface area (TPSA) is 51.4 Å². The van der Waals surface area contributed by atoms with Gasteiger partial charge in [-0.3, -0.25) is 0 Å². The number of nitrogens with two attached hydrogens (primary N) is 1. The van der Waals surface area contributed by atoms with Crippen LogP contribution >= 0.6 is 0 Å². The Morgan fingerprint density at radius 2 is 2.35 bits per heavy atom. The Balaban J connectivity index is 2.03. The number of hydrogen-bond donors (Lipinski definition) is 1. The summed E-state index contributed by atoms with van der Waals surface area (Å²) < 4.78 is 5.52. The van der Waals surface area contributed by atoms with E-state index in [4.69, 9.17) is 10.5 Å². The van der Waals surface area contributed by atoms with Crippen LogP contribution in [-0.2, 0) is 4.74 Å². The molecule has 1 aromatic heterocycles. The molecule has 0 bridgehead atoms. The predicted octanol–water partition coefficient (Wildman–Crippen LogP) is 1.77. The van der Waals surface area contributed by atoms with Crippen LogP contribution in [0.2, 0.25) is 0 Å². The smallest absolute Gasteiger partial charge is 0.151 e. The van der Waals surface area contributed by atoms with Crippen molar-refractivity contribution in [3.05, 3.63) is 18.3 Å². The maximum atomic E-state index is 5.96. The fraction of sp³-hybridized carbons (Fsp3) is 0.615. The van der Waals surface area contributed by atoms with Crippen molar-refractivity contribution in [2.24, 2.45) is 11.8 Å². The van der Waals surface area contributed by atoms with Crippen molar-refractivity contribution in [1.29, 1.82) is 0 Å². The monoisotopic (exact) mass is 235 g/mol. The van der Waals surface area contributed by atoms with Gasteiger partial charge in [0.2, 0.25) is 0 Å². The maximum absolute atomic E-state index is 5.96. The van der Waals surface area contributed by atoms with E-state index in [2.05, 4.69) is 16.8 Å². The van der Waals surface area contributed by atoms with E-state index in [0.29, 0.717) is 11.8 Å². The van der Waals surface area contributed by atoms with Gasteiger partial charge in [0, 0.05) is 31.8 Å². The molecule has 1 saturated heterocycles. The van der Waals surface area contributed by atoms with Crippen LogP contribution in [0.4, 0.5) is 11.5 Å². The van der Waals surface area contributed by atoms with Gasteiger partial charge in [0.05, 0.1) is 12.3 Å². The molecule has 2 atom stereocenters. The van der Waals surface area contributed by atoms with E-state index < -0.39 is 0 Å². The Bertz CT molecular complexity index is 369. The molecule has 4 nitrogen and oxygen atoms in total. The molecule has 0 aliphatic carbocycles. The van der Waals surface area contributed by atoms with Crippen LogP contribution in [0, 0.1) is 11.8 Å². The number of rotatable bonds is 4. The average molecular weight is 235 g/mol. The molecule has 2 heterocycles. The third-order valence-corrected chi connectivity index (χ3v) is 3.42. The van der Waals surface area contributed by atoms with Crippen molar-refractivity contribution in [2.45, 2.75) is 13.8 Å². The highest BCUT2D eigenvalue weighted by molar-refractivity contribution is 5.62. The number of ether oxygens (including phenoxy) is 1. The lowest BCUT2D eigenvalue weighted by molar-refractivity contribution is 0.104. The zero-order valence-corrected chi connectivity index (χ0v) is 10.6. The average Bonchev–Trinajstić information content (AvgIpc) is 2.68. The van der Waals surface area contributed by atoms with Gasteiger partial charge in [-0.2, -0.15) is 0 Å². The Labute approximate surface area is 103 Å². The molecule has 2 N–H and O–H groups in total. The number of anilines is 2. The highest BCUT2D eigenvalue weighted by Gasteiger charge is 2.30. The van der Waals surface area contributed by atoms with Gasteiger partial charge in [-0.15, -0.1) is 0 Å². The Morgan fingerprint density at radius 1 is 1.53 bits per heavy atom. The molecule has 1 aromatic rings. The van der Waals surface area contributed by atoms with Crippen molar-refractivity contribution in [3.8, 4) is 0 Å². The van der Waals surface area contributed by atoms with E-state index in [1.54, 1.807) is 6.20 Å². The molecule has 1 fully saturated rings. The van der Waals surface area contributed by atoms with Crippen LogP contribution < -0.4 is 10.6 Å². The number of pyridine rings is 1. The van der Waals surface area contributed by atoms with Crippen LogP contribution in [0.3, 0.4) is 0 Å². The first-order valence-electron chi connectivity index (χ1n) is 6.25. The summed E-state index contributed by atoms with van der Waals surface area (Å²) in [6.07, 6.45) is 1.80. The van der Waals surface area contributed by atoms with Gasteiger partial charge >= 0.3 is 0 Å². The molecular weight excluding hydrogens is 214 g/mol. The SMILES string of the molecule is CCOC[C@@H]1CN(c2ncccc2N)C[C@H]1C. The molecule has 2 rings (SSSR count). The Kier molecular flexibility index (Phi) is 3.84. The third kappa shape index (κ3) is 2.69. The molecule has 0 radical (unpaired) electrons. The van der Waals surface area contributed by atoms with E-state index in [-0.39, 0.29) is 0 Å². The van der Waals surface area contributed by atoms with Crippen molar-refractivity contribution >= 4 is 11.5 Å². The van der Waals surface area contributed by atoms with Crippen LogP contribution in [0.5, 0.6) is 0 Å². The summed E-state index contributed by atoms with van der Waals surface area (Å²) in [6, 6.07) is 3.78. The van der Waals surface area contributed by atoms with Gasteiger partial charge in [0.1, 0.15) is 0 Å². The zero-order chi connectivity index (χ0) is 12.3. The summed E-state index contributed by atoms with van der Waals surface area (Å²) in [5.41, 5.74) is 6.72. The molecule has 0 spiro atoms. The lowest BCUT2D eigenvalue weighted by atomic mass is 9.99. The zero-order valence-electron chi connectivity index (χ0n) is 10.6. The van der Waals surface area contributed by atoms with Crippen LogP contribution in [0.25, 0.3) is 0 Å². The number of hydrogen-bond acceptors (Lipinski definition) is 4. The Hall–Kier alpha value is -1.29. The fourth-order valence-electron chi connectivity index (χ4n) is 2.37.